The van der Waals surface area contributed by atoms with Crippen LogP contribution in [-0.2, 0) is 14.3 Å². The molecule has 1 amide bonds. The maximum atomic E-state index is 12.6. The van der Waals surface area contributed by atoms with E-state index in [1.165, 1.54) is 0 Å². The third-order valence-corrected chi connectivity index (χ3v) is 4.40. The summed E-state index contributed by atoms with van der Waals surface area (Å²) in [5.74, 6) is -0.844. The highest BCUT2D eigenvalue weighted by atomic mass is 35.5. The van der Waals surface area contributed by atoms with Crippen LogP contribution >= 0.6 is 23.2 Å². The Morgan fingerprint density at radius 3 is 2.46 bits per heavy atom. The zero-order valence-corrected chi connectivity index (χ0v) is 15.8. The lowest BCUT2D eigenvalue weighted by Crippen LogP contribution is -2.33. The molecule has 0 aliphatic carbocycles. The van der Waals surface area contributed by atoms with Crippen molar-refractivity contribution in [3.05, 3.63) is 64.7 Å². The summed E-state index contributed by atoms with van der Waals surface area (Å²) in [6, 6.07) is 13.1. The van der Waals surface area contributed by atoms with Crippen LogP contribution in [0.2, 0.25) is 5.02 Å². The fraction of sp³-hybridized carbons (Fsp3) is 0.263. The van der Waals surface area contributed by atoms with Crippen molar-refractivity contribution in [2.24, 2.45) is 0 Å². The van der Waals surface area contributed by atoms with E-state index in [9.17, 15) is 9.59 Å². The van der Waals surface area contributed by atoms with Gasteiger partial charge in [-0.2, -0.15) is 0 Å². The number of amides is 1. The minimum Gasteiger partial charge on any atom is -0.466 e. The molecule has 0 aromatic heterocycles. The van der Waals surface area contributed by atoms with Crippen molar-refractivity contribution in [3.63, 3.8) is 0 Å². The average molecular weight is 395 g/mol. The van der Waals surface area contributed by atoms with Crippen molar-refractivity contribution in [2.45, 2.75) is 24.8 Å². The summed E-state index contributed by atoms with van der Waals surface area (Å²) in [6.45, 7) is 1.99. The number of alkyl halides is 1. The van der Waals surface area contributed by atoms with Crippen LogP contribution in [0.25, 0.3) is 0 Å². The predicted molar refractivity (Wildman–Crippen MR) is 103 cm³/mol. The molecule has 2 aromatic rings. The first-order chi connectivity index (χ1) is 12.4. The van der Waals surface area contributed by atoms with Gasteiger partial charge in [0.1, 0.15) is 5.38 Å². The van der Waals surface area contributed by atoms with Gasteiger partial charge in [0.25, 0.3) is 0 Å². The maximum Gasteiger partial charge on any atom is 0.308 e. The van der Waals surface area contributed by atoms with Crippen LogP contribution in [0.15, 0.2) is 48.5 Å². The molecule has 0 fully saturated rings. The van der Waals surface area contributed by atoms with E-state index in [0.29, 0.717) is 21.8 Å². The Hall–Kier alpha value is -2.24. The summed E-state index contributed by atoms with van der Waals surface area (Å²) >= 11 is 12.1. The van der Waals surface area contributed by atoms with Gasteiger partial charge in [0.05, 0.1) is 19.1 Å². The van der Waals surface area contributed by atoms with Gasteiger partial charge in [0, 0.05) is 10.7 Å². The minimum absolute atomic E-state index is 0.0206. The highest BCUT2D eigenvalue weighted by Gasteiger charge is 2.24. The molecule has 0 spiro atoms. The molecule has 0 saturated heterocycles. The third-order valence-electron chi connectivity index (χ3n) is 3.70. The van der Waals surface area contributed by atoms with Crippen LogP contribution in [0.4, 0.5) is 5.69 Å². The molecule has 0 heterocycles. The van der Waals surface area contributed by atoms with Crippen molar-refractivity contribution in [1.82, 2.24) is 5.32 Å². The molecule has 2 rings (SSSR count). The van der Waals surface area contributed by atoms with Crippen LogP contribution in [0.5, 0.6) is 0 Å². The SMILES string of the molecule is CCOC(=O)CC(NC(=O)C(Cl)c1ccc(Cl)cc1)c1cccc(N)c1. The van der Waals surface area contributed by atoms with E-state index < -0.39 is 23.3 Å². The number of benzene rings is 2. The number of carbonyl (C=O) groups excluding carboxylic acids is 2. The fourth-order valence-electron chi connectivity index (χ4n) is 2.44. The van der Waals surface area contributed by atoms with Crippen molar-refractivity contribution in [1.29, 1.82) is 0 Å². The first kappa shape index (κ1) is 20.1. The van der Waals surface area contributed by atoms with Crippen molar-refractivity contribution in [3.8, 4) is 0 Å². The van der Waals surface area contributed by atoms with E-state index in [0.717, 1.165) is 0 Å². The first-order valence-corrected chi connectivity index (χ1v) is 8.93. The summed E-state index contributed by atoms with van der Waals surface area (Å²) in [6.07, 6.45) is -0.0206. The first-order valence-electron chi connectivity index (χ1n) is 8.11. The van der Waals surface area contributed by atoms with Crippen molar-refractivity contribution >= 4 is 40.8 Å². The molecule has 3 N–H and O–H groups in total. The fourth-order valence-corrected chi connectivity index (χ4v) is 2.78. The van der Waals surface area contributed by atoms with Crippen LogP contribution in [-0.4, -0.2) is 18.5 Å². The van der Waals surface area contributed by atoms with Gasteiger partial charge in [-0.05, 0) is 42.3 Å². The van der Waals surface area contributed by atoms with Gasteiger partial charge in [0.2, 0.25) is 5.91 Å². The lowest BCUT2D eigenvalue weighted by atomic mass is 10.0. The van der Waals surface area contributed by atoms with Gasteiger partial charge in [-0.3, -0.25) is 9.59 Å². The van der Waals surface area contributed by atoms with Crippen molar-refractivity contribution in [2.75, 3.05) is 12.3 Å². The molecule has 2 aromatic carbocycles. The summed E-state index contributed by atoms with van der Waals surface area (Å²) in [5.41, 5.74) is 7.66. The van der Waals surface area contributed by atoms with Crippen LogP contribution in [0.3, 0.4) is 0 Å². The molecule has 0 aliphatic rings. The smallest absolute Gasteiger partial charge is 0.308 e. The van der Waals surface area contributed by atoms with Crippen molar-refractivity contribution < 1.29 is 14.3 Å². The van der Waals surface area contributed by atoms with E-state index in [2.05, 4.69) is 5.32 Å². The molecular weight excluding hydrogens is 375 g/mol. The van der Waals surface area contributed by atoms with Crippen LogP contribution in [0, 0.1) is 0 Å². The molecule has 0 radical (unpaired) electrons. The molecule has 26 heavy (non-hydrogen) atoms. The number of ether oxygens (including phenoxy) is 1. The molecule has 0 saturated carbocycles. The average Bonchev–Trinajstić information content (AvgIpc) is 2.61. The lowest BCUT2D eigenvalue weighted by molar-refractivity contribution is -0.143. The van der Waals surface area contributed by atoms with E-state index in [4.69, 9.17) is 33.7 Å². The second kappa shape index (κ2) is 9.46. The molecule has 2 atom stereocenters. The van der Waals surface area contributed by atoms with Gasteiger partial charge < -0.3 is 15.8 Å². The number of nitrogens with two attached hydrogens (primary N) is 1. The zero-order valence-electron chi connectivity index (χ0n) is 14.2. The van der Waals surface area contributed by atoms with Gasteiger partial charge in [-0.1, -0.05) is 35.9 Å². The molecule has 2 unspecified atom stereocenters. The number of nitrogen functional groups attached to an aromatic ring is 1. The van der Waals surface area contributed by atoms with Crippen LogP contribution < -0.4 is 11.1 Å². The van der Waals surface area contributed by atoms with Gasteiger partial charge >= 0.3 is 5.97 Å². The third kappa shape index (κ3) is 5.64. The number of rotatable bonds is 7. The van der Waals surface area contributed by atoms with Gasteiger partial charge in [0.15, 0.2) is 0 Å². The monoisotopic (exact) mass is 394 g/mol. The molecule has 138 valence electrons. The number of halogens is 2. The number of hydrogen-bond acceptors (Lipinski definition) is 4. The van der Waals surface area contributed by atoms with E-state index in [1.54, 1.807) is 55.5 Å². The maximum absolute atomic E-state index is 12.6. The Labute approximate surface area is 162 Å². The van der Waals surface area contributed by atoms with E-state index in [-0.39, 0.29) is 13.0 Å². The second-order valence-corrected chi connectivity index (χ2v) is 6.53. The van der Waals surface area contributed by atoms with Gasteiger partial charge in [-0.25, -0.2) is 0 Å². The standard InChI is InChI=1S/C19H20Cl2N2O3/c1-2-26-17(24)11-16(13-4-3-5-15(22)10-13)23-19(25)18(21)12-6-8-14(20)9-7-12/h3-10,16,18H,2,11,22H2,1H3,(H,23,25). The number of nitrogens with one attached hydrogen (secondary N) is 1. The predicted octanol–water partition coefficient (Wildman–Crippen LogP) is 4.01. The molecular formula is C19H20Cl2N2O3. The normalized spacial score (nSPS) is 12.9. The Balaban J connectivity index is 2.17. The Kier molecular flexibility index (Phi) is 7.30. The summed E-state index contributed by atoms with van der Waals surface area (Å²) in [4.78, 5) is 24.5. The van der Waals surface area contributed by atoms with E-state index >= 15 is 0 Å². The Bertz CT molecular complexity index is 766. The summed E-state index contributed by atoms with van der Waals surface area (Å²) in [7, 11) is 0. The molecule has 0 aliphatic heterocycles. The van der Waals surface area contributed by atoms with Crippen LogP contribution in [0.1, 0.15) is 35.9 Å². The lowest BCUT2D eigenvalue weighted by Gasteiger charge is -2.21. The number of hydrogen-bond donors (Lipinski definition) is 2. The summed E-state index contributed by atoms with van der Waals surface area (Å²) < 4.78 is 4.99. The number of anilines is 1. The molecule has 7 heteroatoms. The topological polar surface area (TPSA) is 81.4 Å². The second-order valence-electron chi connectivity index (χ2n) is 5.65. The molecule has 5 nitrogen and oxygen atoms in total. The van der Waals surface area contributed by atoms with E-state index in [1.807, 2.05) is 0 Å². The number of esters is 1. The largest absolute Gasteiger partial charge is 0.466 e. The zero-order chi connectivity index (χ0) is 19.1. The Morgan fingerprint density at radius 1 is 1.15 bits per heavy atom. The van der Waals surface area contributed by atoms with Gasteiger partial charge in [-0.15, -0.1) is 11.6 Å². The minimum atomic E-state index is -0.918. The highest BCUT2D eigenvalue weighted by molar-refractivity contribution is 6.31. The quantitative estimate of drug-likeness (QED) is 0.422. The molecule has 0 bridgehead atoms. The Morgan fingerprint density at radius 2 is 1.85 bits per heavy atom. The number of carbonyl (C=O) groups is 2. The summed E-state index contributed by atoms with van der Waals surface area (Å²) in [5, 5.41) is 2.44. The highest BCUT2D eigenvalue weighted by Crippen LogP contribution is 2.26.